The minimum atomic E-state index is -1.42. The van der Waals surface area contributed by atoms with Gasteiger partial charge in [0.15, 0.2) is 0 Å². The summed E-state index contributed by atoms with van der Waals surface area (Å²) in [5.74, 6) is 0. The van der Waals surface area contributed by atoms with Crippen molar-refractivity contribution < 1.29 is 5.21 Å². The Labute approximate surface area is 104 Å². The molecule has 1 aliphatic carbocycles. The van der Waals surface area contributed by atoms with Crippen LogP contribution in [0.1, 0.15) is 20.8 Å². The molecule has 0 amide bonds. The number of hydrogen-bond donors (Lipinski definition) is 1. The quantitative estimate of drug-likeness (QED) is 0.400. The molecule has 0 heterocycles. The molecule has 1 rings (SSSR count). The number of hydrogen-bond acceptors (Lipinski definition) is 2. The summed E-state index contributed by atoms with van der Waals surface area (Å²) in [6.07, 6.45) is 3.53. The summed E-state index contributed by atoms with van der Waals surface area (Å²) >= 11 is 17.8. The number of oxime groups is 1. The molecule has 0 saturated heterocycles. The first kappa shape index (κ1) is 12.9. The van der Waals surface area contributed by atoms with Crippen LogP contribution in [0.3, 0.4) is 0 Å². The number of nitrogens with zero attached hydrogens (tertiary/aromatic N) is 1. The Morgan fingerprint density at radius 3 is 2.27 bits per heavy atom. The summed E-state index contributed by atoms with van der Waals surface area (Å²) in [4.78, 5) is 0. The predicted molar refractivity (Wildman–Crippen MR) is 65.1 cm³/mol. The van der Waals surface area contributed by atoms with E-state index in [1.54, 1.807) is 6.08 Å². The molecule has 1 N–H and O–H groups in total. The van der Waals surface area contributed by atoms with Crippen LogP contribution in [0.5, 0.6) is 0 Å². The van der Waals surface area contributed by atoms with E-state index in [4.69, 9.17) is 40.0 Å². The molecule has 84 valence electrons. The van der Waals surface area contributed by atoms with Crippen molar-refractivity contribution in [3.8, 4) is 0 Å². The maximum Gasteiger partial charge on any atom is 0.202 e. The van der Waals surface area contributed by atoms with Crippen LogP contribution in [-0.2, 0) is 0 Å². The average Bonchev–Trinajstić information content (AvgIpc) is 2.09. The van der Waals surface area contributed by atoms with Gasteiger partial charge in [0.1, 0.15) is 5.71 Å². The zero-order valence-electron chi connectivity index (χ0n) is 8.68. The third-order valence-corrected chi connectivity index (χ3v) is 3.96. The van der Waals surface area contributed by atoms with E-state index in [-0.39, 0.29) is 0 Å². The molecule has 0 aliphatic heterocycles. The molecule has 0 spiro atoms. The maximum absolute atomic E-state index is 8.76. The molecule has 2 nitrogen and oxygen atoms in total. The lowest BCUT2D eigenvalue weighted by Gasteiger charge is -2.37. The molecular weight excluding hydrogens is 256 g/mol. The first-order chi connectivity index (χ1) is 6.72. The average molecular weight is 269 g/mol. The van der Waals surface area contributed by atoms with Crippen molar-refractivity contribution in [2.45, 2.75) is 24.6 Å². The van der Waals surface area contributed by atoms with E-state index in [1.165, 1.54) is 0 Å². The van der Waals surface area contributed by atoms with Gasteiger partial charge in [-0.1, -0.05) is 51.6 Å². The summed E-state index contributed by atoms with van der Waals surface area (Å²) in [6, 6.07) is 0. The van der Waals surface area contributed by atoms with Gasteiger partial charge in [-0.15, -0.1) is 0 Å². The summed E-state index contributed by atoms with van der Waals surface area (Å²) in [6.45, 7) is 5.49. The minimum absolute atomic E-state index is 0.499. The molecule has 0 radical (unpaired) electrons. The van der Waals surface area contributed by atoms with Gasteiger partial charge in [-0.05, 0) is 32.4 Å². The fourth-order valence-corrected chi connectivity index (χ4v) is 2.11. The summed E-state index contributed by atoms with van der Waals surface area (Å²) in [7, 11) is 0. The van der Waals surface area contributed by atoms with Gasteiger partial charge < -0.3 is 5.21 Å². The van der Waals surface area contributed by atoms with Crippen molar-refractivity contribution in [2.75, 3.05) is 0 Å². The molecule has 15 heavy (non-hydrogen) atoms. The van der Waals surface area contributed by atoms with E-state index in [9.17, 15) is 0 Å². The van der Waals surface area contributed by atoms with Crippen LogP contribution in [0.25, 0.3) is 0 Å². The lowest BCUT2D eigenvalue weighted by Crippen LogP contribution is -2.34. The standard InChI is InChI=1S/C10H12Cl3NO/c1-6-5-9(3,10(11,12)13)7(2)4-8(6)14-15/h4-5,15H,1-3H3/b14-8-/t9-/m0/s1. The van der Waals surface area contributed by atoms with Gasteiger partial charge in [0, 0.05) is 0 Å². The molecule has 0 saturated carbocycles. The maximum atomic E-state index is 8.76. The van der Waals surface area contributed by atoms with Crippen LogP contribution >= 0.6 is 34.8 Å². The van der Waals surface area contributed by atoms with Crippen LogP contribution < -0.4 is 0 Å². The van der Waals surface area contributed by atoms with Crippen LogP contribution in [-0.4, -0.2) is 14.7 Å². The van der Waals surface area contributed by atoms with Crippen LogP contribution in [0.4, 0.5) is 0 Å². The smallest absolute Gasteiger partial charge is 0.202 e. The van der Waals surface area contributed by atoms with Crippen molar-refractivity contribution in [2.24, 2.45) is 10.6 Å². The van der Waals surface area contributed by atoms with Crippen molar-refractivity contribution in [1.29, 1.82) is 0 Å². The fraction of sp³-hybridized carbons (Fsp3) is 0.500. The van der Waals surface area contributed by atoms with Crippen molar-refractivity contribution >= 4 is 40.5 Å². The van der Waals surface area contributed by atoms with Gasteiger partial charge in [0.25, 0.3) is 0 Å². The number of alkyl halides is 3. The van der Waals surface area contributed by atoms with Gasteiger partial charge in [-0.3, -0.25) is 0 Å². The third-order valence-electron chi connectivity index (χ3n) is 2.78. The lowest BCUT2D eigenvalue weighted by atomic mass is 9.78. The third kappa shape index (κ3) is 2.17. The Hall–Kier alpha value is -0.180. The number of allylic oxidation sites excluding steroid dienone is 4. The highest BCUT2D eigenvalue weighted by molar-refractivity contribution is 6.68. The van der Waals surface area contributed by atoms with Crippen molar-refractivity contribution in [3.05, 3.63) is 23.3 Å². The Bertz CT molecular complexity index is 365. The largest absolute Gasteiger partial charge is 0.410 e. The fourth-order valence-electron chi connectivity index (χ4n) is 1.50. The topological polar surface area (TPSA) is 32.6 Å². The van der Waals surface area contributed by atoms with Crippen LogP contribution in [0, 0.1) is 5.41 Å². The highest BCUT2D eigenvalue weighted by atomic mass is 35.6. The van der Waals surface area contributed by atoms with Gasteiger partial charge in [-0.25, -0.2) is 0 Å². The van der Waals surface area contributed by atoms with Gasteiger partial charge in [0.2, 0.25) is 3.79 Å². The van der Waals surface area contributed by atoms with E-state index in [1.807, 2.05) is 26.8 Å². The van der Waals surface area contributed by atoms with E-state index in [2.05, 4.69) is 5.16 Å². The second-order valence-electron chi connectivity index (χ2n) is 3.84. The van der Waals surface area contributed by atoms with Crippen LogP contribution in [0.15, 0.2) is 28.5 Å². The Morgan fingerprint density at radius 1 is 1.33 bits per heavy atom. The molecule has 1 aliphatic rings. The Morgan fingerprint density at radius 2 is 1.87 bits per heavy atom. The van der Waals surface area contributed by atoms with Gasteiger partial charge >= 0.3 is 0 Å². The first-order valence-electron chi connectivity index (χ1n) is 4.40. The summed E-state index contributed by atoms with van der Waals surface area (Å²) in [5.41, 5.74) is 1.47. The van der Waals surface area contributed by atoms with Gasteiger partial charge in [-0.2, -0.15) is 0 Å². The second-order valence-corrected chi connectivity index (χ2v) is 6.12. The molecule has 0 fully saturated rings. The zero-order chi connectivity index (χ0) is 11.9. The van der Waals surface area contributed by atoms with E-state index >= 15 is 0 Å². The minimum Gasteiger partial charge on any atom is -0.410 e. The Balaban J connectivity index is 3.28. The monoisotopic (exact) mass is 267 g/mol. The summed E-state index contributed by atoms with van der Waals surface area (Å²) < 4.78 is -1.42. The van der Waals surface area contributed by atoms with Crippen molar-refractivity contribution in [3.63, 3.8) is 0 Å². The normalized spacial score (nSPS) is 30.1. The number of halogens is 3. The lowest BCUT2D eigenvalue weighted by molar-refractivity contribution is 0.319. The predicted octanol–water partition coefficient (Wildman–Crippen LogP) is 4.10. The molecule has 0 unspecified atom stereocenters. The second kappa shape index (κ2) is 4.00. The Kier molecular flexibility index (Phi) is 3.44. The molecule has 5 heteroatoms. The molecular formula is C10H12Cl3NO. The van der Waals surface area contributed by atoms with Crippen molar-refractivity contribution in [1.82, 2.24) is 0 Å². The first-order valence-corrected chi connectivity index (χ1v) is 5.53. The number of rotatable bonds is 0. The SMILES string of the molecule is CC1=C[C@](C)(C(Cl)(Cl)Cl)C(C)=C/C1=N/O. The van der Waals surface area contributed by atoms with E-state index in [0.29, 0.717) is 5.71 Å². The van der Waals surface area contributed by atoms with Crippen LogP contribution in [0.2, 0.25) is 0 Å². The molecule has 0 bridgehead atoms. The molecule has 1 atom stereocenters. The highest BCUT2D eigenvalue weighted by Crippen LogP contribution is 2.51. The van der Waals surface area contributed by atoms with E-state index in [0.717, 1.165) is 11.1 Å². The zero-order valence-corrected chi connectivity index (χ0v) is 11.0. The molecule has 0 aromatic rings. The molecule has 0 aromatic heterocycles. The summed E-state index contributed by atoms with van der Waals surface area (Å²) in [5, 5.41) is 11.9. The van der Waals surface area contributed by atoms with Gasteiger partial charge in [0.05, 0.1) is 5.41 Å². The van der Waals surface area contributed by atoms with E-state index < -0.39 is 9.21 Å². The molecule has 0 aromatic carbocycles. The highest BCUT2D eigenvalue weighted by Gasteiger charge is 2.45.